The van der Waals surface area contributed by atoms with E-state index in [4.69, 9.17) is 4.74 Å². The zero-order chi connectivity index (χ0) is 18.4. The Labute approximate surface area is 155 Å². The van der Waals surface area contributed by atoms with Gasteiger partial charge in [0, 0.05) is 19.6 Å². The minimum absolute atomic E-state index is 0.0139. The fraction of sp³-hybridized carbons (Fsp3) is 0.600. The summed E-state index contributed by atoms with van der Waals surface area (Å²) in [6, 6.07) is 7.68. The van der Waals surface area contributed by atoms with Crippen molar-refractivity contribution in [3.63, 3.8) is 0 Å². The maximum Gasteiger partial charge on any atom is 0.260 e. The molecule has 0 aromatic heterocycles. The maximum absolute atomic E-state index is 12.5. The Kier molecular flexibility index (Phi) is 6.50. The van der Waals surface area contributed by atoms with Gasteiger partial charge in [-0.1, -0.05) is 12.1 Å². The highest BCUT2D eigenvalue weighted by Gasteiger charge is 2.26. The van der Waals surface area contributed by atoms with E-state index in [-0.39, 0.29) is 24.5 Å². The van der Waals surface area contributed by atoms with E-state index < -0.39 is 0 Å². The van der Waals surface area contributed by atoms with Crippen molar-refractivity contribution < 1.29 is 14.3 Å². The van der Waals surface area contributed by atoms with Gasteiger partial charge in [-0.2, -0.15) is 0 Å². The van der Waals surface area contributed by atoms with Crippen LogP contribution in [0, 0.1) is 12.8 Å². The monoisotopic (exact) mass is 359 g/mol. The summed E-state index contributed by atoms with van der Waals surface area (Å²) in [5.41, 5.74) is 1.11. The molecular formula is C20H29N3O3. The number of nitrogens with one attached hydrogen (secondary N) is 2. The van der Waals surface area contributed by atoms with Gasteiger partial charge in [-0.25, -0.2) is 0 Å². The quantitative estimate of drug-likeness (QED) is 0.807. The summed E-state index contributed by atoms with van der Waals surface area (Å²) in [5.74, 6) is 1.15. The number of likely N-dealkylation sites (tertiary alicyclic amines) is 1. The maximum atomic E-state index is 12.5. The molecule has 2 N–H and O–H groups in total. The van der Waals surface area contributed by atoms with Crippen LogP contribution in [0.4, 0.5) is 0 Å². The number of hydrogen-bond acceptors (Lipinski definition) is 4. The largest absolute Gasteiger partial charge is 0.484 e. The Morgan fingerprint density at radius 1 is 1.31 bits per heavy atom. The van der Waals surface area contributed by atoms with Crippen molar-refractivity contribution in [1.82, 2.24) is 15.5 Å². The van der Waals surface area contributed by atoms with Crippen LogP contribution in [0.15, 0.2) is 24.3 Å². The predicted octanol–water partition coefficient (Wildman–Crippen LogP) is 1.48. The number of ether oxygens (including phenoxy) is 1. The third-order valence-electron chi connectivity index (χ3n) is 5.17. The van der Waals surface area contributed by atoms with E-state index in [9.17, 15) is 9.59 Å². The normalized spacial score (nSPS) is 22.9. The molecule has 2 aliphatic heterocycles. The Morgan fingerprint density at radius 2 is 2.19 bits per heavy atom. The lowest BCUT2D eigenvalue weighted by molar-refractivity contribution is -0.135. The van der Waals surface area contributed by atoms with Gasteiger partial charge in [-0.15, -0.1) is 0 Å². The van der Waals surface area contributed by atoms with Crippen LogP contribution in [0.25, 0.3) is 0 Å². The van der Waals surface area contributed by atoms with Crippen LogP contribution in [-0.2, 0) is 9.59 Å². The molecule has 2 saturated heterocycles. The molecule has 0 spiro atoms. The predicted molar refractivity (Wildman–Crippen MR) is 100 cm³/mol. The zero-order valence-corrected chi connectivity index (χ0v) is 15.5. The van der Waals surface area contributed by atoms with Crippen LogP contribution >= 0.6 is 0 Å². The summed E-state index contributed by atoms with van der Waals surface area (Å²) in [7, 11) is 0. The molecule has 6 heteroatoms. The van der Waals surface area contributed by atoms with Crippen molar-refractivity contribution in [2.24, 2.45) is 5.92 Å². The van der Waals surface area contributed by atoms with Gasteiger partial charge in [-0.05, 0) is 62.8 Å². The standard InChI is InChI=1S/C20H29N3O3/c1-15-5-2-7-17(11-15)26-14-19(24)23-10-4-6-16(13-23)12-22-20(25)18-8-3-9-21-18/h2,5,7,11,16,18,21H,3-4,6,8-10,12-14H2,1H3,(H,22,25). The second-order valence-corrected chi connectivity index (χ2v) is 7.35. The van der Waals surface area contributed by atoms with E-state index in [1.807, 2.05) is 36.1 Å². The van der Waals surface area contributed by atoms with Crippen LogP contribution in [0.3, 0.4) is 0 Å². The van der Waals surface area contributed by atoms with Gasteiger partial charge >= 0.3 is 0 Å². The van der Waals surface area contributed by atoms with E-state index in [0.29, 0.717) is 19.0 Å². The number of carbonyl (C=O) groups excluding carboxylic acids is 2. The molecule has 1 aromatic rings. The van der Waals surface area contributed by atoms with Gasteiger partial charge in [-0.3, -0.25) is 9.59 Å². The third kappa shape index (κ3) is 5.21. The lowest BCUT2D eigenvalue weighted by Crippen LogP contribution is -2.47. The van der Waals surface area contributed by atoms with Crippen LogP contribution in [0.1, 0.15) is 31.2 Å². The average Bonchev–Trinajstić information content (AvgIpc) is 3.19. The Morgan fingerprint density at radius 3 is 2.96 bits per heavy atom. The van der Waals surface area contributed by atoms with Crippen LogP contribution in [0.5, 0.6) is 5.75 Å². The van der Waals surface area contributed by atoms with Crippen LogP contribution in [-0.4, -0.2) is 55.5 Å². The van der Waals surface area contributed by atoms with Crippen LogP contribution in [0.2, 0.25) is 0 Å². The molecule has 0 radical (unpaired) electrons. The van der Waals surface area contributed by atoms with E-state index in [2.05, 4.69) is 10.6 Å². The highest BCUT2D eigenvalue weighted by atomic mass is 16.5. The fourth-order valence-corrected chi connectivity index (χ4v) is 3.68. The Balaban J connectivity index is 1.42. The molecule has 2 atom stereocenters. The molecule has 2 aliphatic rings. The van der Waals surface area contributed by atoms with Gasteiger partial charge < -0.3 is 20.3 Å². The molecule has 0 saturated carbocycles. The van der Waals surface area contributed by atoms with Crippen molar-refractivity contribution >= 4 is 11.8 Å². The van der Waals surface area contributed by atoms with Gasteiger partial charge in [0.2, 0.25) is 5.91 Å². The lowest BCUT2D eigenvalue weighted by Gasteiger charge is -2.33. The smallest absolute Gasteiger partial charge is 0.260 e. The molecule has 142 valence electrons. The summed E-state index contributed by atoms with van der Waals surface area (Å²) in [5, 5.41) is 6.26. The van der Waals surface area contributed by atoms with Crippen LogP contribution < -0.4 is 15.4 Å². The molecule has 3 rings (SSSR count). The molecule has 6 nitrogen and oxygen atoms in total. The van der Waals surface area contributed by atoms with Crippen molar-refractivity contribution in [1.29, 1.82) is 0 Å². The third-order valence-corrected chi connectivity index (χ3v) is 5.17. The number of benzene rings is 1. The number of piperidine rings is 1. The number of carbonyl (C=O) groups is 2. The van der Waals surface area contributed by atoms with E-state index in [1.165, 1.54) is 0 Å². The number of hydrogen-bond donors (Lipinski definition) is 2. The lowest BCUT2D eigenvalue weighted by atomic mass is 9.97. The minimum atomic E-state index is -0.0425. The molecule has 2 heterocycles. The first-order chi connectivity index (χ1) is 12.6. The highest BCUT2D eigenvalue weighted by Crippen LogP contribution is 2.17. The topological polar surface area (TPSA) is 70.7 Å². The summed E-state index contributed by atoms with van der Waals surface area (Å²) in [6.45, 7) is 5.08. The summed E-state index contributed by atoms with van der Waals surface area (Å²) >= 11 is 0. The molecule has 26 heavy (non-hydrogen) atoms. The second kappa shape index (κ2) is 9.03. The number of nitrogens with zero attached hydrogens (tertiary/aromatic N) is 1. The van der Waals surface area contributed by atoms with Gasteiger partial charge in [0.05, 0.1) is 6.04 Å². The Bertz CT molecular complexity index is 628. The van der Waals surface area contributed by atoms with Crippen molar-refractivity contribution in [3.05, 3.63) is 29.8 Å². The molecule has 2 fully saturated rings. The summed E-state index contributed by atoms with van der Waals surface area (Å²) in [6.07, 6.45) is 3.99. The fourth-order valence-electron chi connectivity index (χ4n) is 3.68. The zero-order valence-electron chi connectivity index (χ0n) is 15.5. The average molecular weight is 359 g/mol. The minimum Gasteiger partial charge on any atom is -0.484 e. The van der Waals surface area contributed by atoms with E-state index in [1.54, 1.807) is 0 Å². The van der Waals surface area contributed by atoms with E-state index in [0.717, 1.165) is 50.1 Å². The van der Waals surface area contributed by atoms with E-state index >= 15 is 0 Å². The molecule has 1 aromatic carbocycles. The Hall–Kier alpha value is -2.08. The van der Waals surface area contributed by atoms with Crippen molar-refractivity contribution in [3.8, 4) is 5.75 Å². The number of rotatable bonds is 6. The summed E-state index contributed by atoms with van der Waals surface area (Å²) in [4.78, 5) is 26.4. The first-order valence-electron chi connectivity index (χ1n) is 9.60. The molecular weight excluding hydrogens is 330 g/mol. The second-order valence-electron chi connectivity index (χ2n) is 7.35. The summed E-state index contributed by atoms with van der Waals surface area (Å²) < 4.78 is 5.63. The molecule has 0 bridgehead atoms. The van der Waals surface area contributed by atoms with Crippen molar-refractivity contribution in [2.75, 3.05) is 32.8 Å². The van der Waals surface area contributed by atoms with Crippen molar-refractivity contribution in [2.45, 2.75) is 38.6 Å². The van der Waals surface area contributed by atoms with Gasteiger partial charge in [0.15, 0.2) is 6.61 Å². The molecule has 0 aliphatic carbocycles. The first-order valence-corrected chi connectivity index (χ1v) is 9.60. The highest BCUT2D eigenvalue weighted by molar-refractivity contribution is 5.82. The van der Waals surface area contributed by atoms with Gasteiger partial charge in [0.25, 0.3) is 5.91 Å². The molecule has 2 unspecified atom stereocenters. The van der Waals surface area contributed by atoms with Gasteiger partial charge in [0.1, 0.15) is 5.75 Å². The first kappa shape index (κ1) is 18.7. The SMILES string of the molecule is Cc1cccc(OCC(=O)N2CCCC(CNC(=O)C3CCCN3)C2)c1. The number of amides is 2. The molecule has 2 amide bonds. The number of aryl methyl sites for hydroxylation is 1.